The van der Waals surface area contributed by atoms with Gasteiger partial charge in [-0.2, -0.15) is 0 Å². The summed E-state index contributed by atoms with van der Waals surface area (Å²) in [5, 5.41) is 0.840. The average molecular weight is 295 g/mol. The van der Waals surface area contributed by atoms with Crippen molar-refractivity contribution < 1.29 is 0 Å². The fourth-order valence-corrected chi connectivity index (χ4v) is 3.39. The molecule has 0 aliphatic heterocycles. The Morgan fingerprint density at radius 2 is 1.90 bits per heavy atom. The predicted octanol–water partition coefficient (Wildman–Crippen LogP) is 4.76. The van der Waals surface area contributed by atoms with Gasteiger partial charge in [-0.3, -0.25) is 0 Å². The highest BCUT2D eigenvalue weighted by molar-refractivity contribution is 6.33. The van der Waals surface area contributed by atoms with Crippen LogP contribution in [0.5, 0.6) is 0 Å². The molecule has 0 amide bonds. The second kappa shape index (κ2) is 6.82. The first-order valence-corrected chi connectivity index (χ1v) is 8.18. The zero-order chi connectivity index (χ0) is 14.7. The summed E-state index contributed by atoms with van der Waals surface area (Å²) in [6, 6.07) is 6.99. The van der Waals surface area contributed by atoms with Crippen LogP contribution in [0.4, 0.5) is 5.69 Å². The van der Waals surface area contributed by atoms with E-state index >= 15 is 0 Å². The third kappa shape index (κ3) is 3.67. The molecule has 1 atom stereocenters. The van der Waals surface area contributed by atoms with Crippen LogP contribution in [-0.2, 0) is 0 Å². The van der Waals surface area contributed by atoms with Gasteiger partial charge >= 0.3 is 0 Å². The van der Waals surface area contributed by atoms with Crippen molar-refractivity contribution in [3.8, 4) is 0 Å². The Labute approximate surface area is 128 Å². The highest BCUT2D eigenvalue weighted by Gasteiger charge is 2.25. The van der Waals surface area contributed by atoms with E-state index in [-0.39, 0.29) is 6.04 Å². The summed E-state index contributed by atoms with van der Waals surface area (Å²) in [6.07, 6.45) is 5.26. The average Bonchev–Trinajstić information content (AvgIpc) is 2.89. The lowest BCUT2D eigenvalue weighted by Crippen LogP contribution is -2.36. The Morgan fingerprint density at radius 3 is 2.40 bits per heavy atom. The maximum atomic E-state index is 6.53. The van der Waals surface area contributed by atoms with Crippen molar-refractivity contribution >= 4 is 17.3 Å². The topological polar surface area (TPSA) is 29.3 Å². The summed E-state index contributed by atoms with van der Waals surface area (Å²) < 4.78 is 0. The number of nitrogens with zero attached hydrogens (tertiary/aromatic N) is 1. The third-order valence-corrected chi connectivity index (χ3v) is 4.44. The molecule has 3 heteroatoms. The van der Waals surface area contributed by atoms with E-state index in [0.29, 0.717) is 12.0 Å². The molecule has 1 aromatic carbocycles. The molecule has 1 aliphatic rings. The van der Waals surface area contributed by atoms with E-state index in [1.54, 1.807) is 0 Å². The van der Waals surface area contributed by atoms with Crippen LogP contribution >= 0.6 is 11.6 Å². The fraction of sp³-hybridized carbons (Fsp3) is 0.647. The van der Waals surface area contributed by atoms with Gasteiger partial charge in [0.15, 0.2) is 0 Å². The second-order valence-corrected chi connectivity index (χ2v) is 6.89. The highest BCUT2D eigenvalue weighted by Crippen LogP contribution is 2.34. The molecule has 112 valence electrons. The maximum Gasteiger partial charge on any atom is 0.0642 e. The Kier molecular flexibility index (Phi) is 5.34. The van der Waals surface area contributed by atoms with E-state index in [9.17, 15) is 0 Å². The zero-order valence-corrected chi connectivity index (χ0v) is 13.7. The Bertz CT molecular complexity index is 437. The first-order valence-electron chi connectivity index (χ1n) is 7.80. The monoisotopic (exact) mass is 294 g/mol. The summed E-state index contributed by atoms with van der Waals surface area (Å²) in [5.41, 5.74) is 8.22. The van der Waals surface area contributed by atoms with Crippen molar-refractivity contribution in [3.63, 3.8) is 0 Å². The van der Waals surface area contributed by atoms with Gasteiger partial charge in [0.25, 0.3) is 0 Å². The lowest BCUT2D eigenvalue weighted by molar-refractivity contribution is 0.536. The van der Waals surface area contributed by atoms with Crippen LogP contribution in [0.25, 0.3) is 0 Å². The number of benzene rings is 1. The molecule has 0 spiro atoms. The molecule has 0 bridgehead atoms. The first kappa shape index (κ1) is 15.7. The molecule has 1 aromatic rings. The van der Waals surface area contributed by atoms with Gasteiger partial charge in [0.1, 0.15) is 0 Å². The molecule has 2 rings (SSSR count). The van der Waals surface area contributed by atoms with Crippen LogP contribution < -0.4 is 10.6 Å². The Hall–Kier alpha value is -0.730. The van der Waals surface area contributed by atoms with Crippen LogP contribution in [0.15, 0.2) is 18.2 Å². The van der Waals surface area contributed by atoms with Gasteiger partial charge in [-0.1, -0.05) is 44.4 Å². The summed E-state index contributed by atoms with van der Waals surface area (Å²) >= 11 is 6.53. The van der Waals surface area contributed by atoms with Gasteiger partial charge in [-0.05, 0) is 43.4 Å². The molecule has 1 saturated carbocycles. The van der Waals surface area contributed by atoms with Crippen LogP contribution in [0.1, 0.15) is 58.1 Å². The van der Waals surface area contributed by atoms with Crippen molar-refractivity contribution in [2.45, 2.75) is 58.5 Å². The van der Waals surface area contributed by atoms with E-state index in [0.717, 1.165) is 17.1 Å². The molecule has 1 aliphatic carbocycles. The number of hydrogen-bond donors (Lipinski definition) is 1. The molecule has 2 N–H and O–H groups in total. The van der Waals surface area contributed by atoms with Crippen molar-refractivity contribution in [1.29, 1.82) is 0 Å². The van der Waals surface area contributed by atoms with Crippen molar-refractivity contribution in [3.05, 3.63) is 28.8 Å². The normalized spacial score (nSPS) is 17.7. The third-order valence-electron chi connectivity index (χ3n) is 4.13. The lowest BCUT2D eigenvalue weighted by atomic mass is 10.1. The molecule has 0 radical (unpaired) electrons. The number of halogens is 1. The van der Waals surface area contributed by atoms with Gasteiger partial charge in [0.05, 0.1) is 10.7 Å². The molecule has 0 heterocycles. The minimum atomic E-state index is 0.0339. The predicted molar refractivity (Wildman–Crippen MR) is 88.5 cm³/mol. The minimum Gasteiger partial charge on any atom is -0.367 e. The van der Waals surface area contributed by atoms with E-state index < -0.39 is 0 Å². The van der Waals surface area contributed by atoms with Gasteiger partial charge in [-0.25, -0.2) is 0 Å². The van der Waals surface area contributed by atoms with Crippen LogP contribution in [0.2, 0.25) is 5.02 Å². The van der Waals surface area contributed by atoms with Gasteiger partial charge < -0.3 is 10.6 Å². The van der Waals surface area contributed by atoms with E-state index in [1.165, 1.54) is 31.4 Å². The van der Waals surface area contributed by atoms with Gasteiger partial charge in [-0.15, -0.1) is 0 Å². The Balaban J connectivity index is 2.27. The first-order chi connectivity index (χ1) is 9.49. The summed E-state index contributed by atoms with van der Waals surface area (Å²) in [4.78, 5) is 2.52. The van der Waals surface area contributed by atoms with Gasteiger partial charge in [0.2, 0.25) is 0 Å². The second-order valence-electron chi connectivity index (χ2n) is 6.48. The summed E-state index contributed by atoms with van der Waals surface area (Å²) in [7, 11) is 0. The van der Waals surface area contributed by atoms with Crippen molar-refractivity contribution in [1.82, 2.24) is 0 Å². The summed E-state index contributed by atoms with van der Waals surface area (Å²) in [5.74, 6) is 0.639. The molecule has 20 heavy (non-hydrogen) atoms. The number of rotatable bonds is 5. The number of anilines is 1. The van der Waals surface area contributed by atoms with Crippen molar-refractivity contribution in [2.24, 2.45) is 11.7 Å². The van der Waals surface area contributed by atoms with Crippen LogP contribution in [-0.4, -0.2) is 12.6 Å². The SMILES string of the molecule is CC(C)CN(c1ccc([C@H](C)N)cc1Cl)C1CCCC1. The van der Waals surface area contributed by atoms with Crippen LogP contribution in [0, 0.1) is 5.92 Å². The van der Waals surface area contributed by atoms with Crippen LogP contribution in [0.3, 0.4) is 0 Å². The van der Waals surface area contributed by atoms with Gasteiger partial charge in [0, 0.05) is 18.6 Å². The van der Waals surface area contributed by atoms with E-state index in [1.807, 2.05) is 13.0 Å². The molecule has 0 saturated heterocycles. The Morgan fingerprint density at radius 1 is 1.25 bits per heavy atom. The largest absolute Gasteiger partial charge is 0.367 e. The standard InChI is InChI=1S/C17H27ClN2/c1-12(2)11-20(15-6-4-5-7-15)17-9-8-14(13(3)19)10-16(17)18/h8-10,12-13,15H,4-7,11,19H2,1-3H3/t13-/m0/s1. The molecule has 2 nitrogen and oxygen atoms in total. The van der Waals surface area contributed by atoms with Crippen molar-refractivity contribution in [2.75, 3.05) is 11.4 Å². The van der Waals surface area contributed by atoms with E-state index in [2.05, 4.69) is 30.9 Å². The fourth-order valence-electron chi connectivity index (χ4n) is 3.09. The number of nitrogens with two attached hydrogens (primary N) is 1. The number of hydrogen-bond acceptors (Lipinski definition) is 2. The molecular weight excluding hydrogens is 268 g/mol. The molecular formula is C17H27ClN2. The van der Waals surface area contributed by atoms with E-state index in [4.69, 9.17) is 17.3 Å². The minimum absolute atomic E-state index is 0.0339. The smallest absolute Gasteiger partial charge is 0.0642 e. The lowest BCUT2D eigenvalue weighted by Gasteiger charge is -2.33. The molecule has 1 fully saturated rings. The summed E-state index contributed by atoms with van der Waals surface area (Å²) in [6.45, 7) is 7.61. The zero-order valence-electron chi connectivity index (χ0n) is 12.9. The highest BCUT2D eigenvalue weighted by atomic mass is 35.5. The molecule has 0 unspecified atom stereocenters. The maximum absolute atomic E-state index is 6.53. The quantitative estimate of drug-likeness (QED) is 0.848. The molecule has 0 aromatic heterocycles.